The molecule has 0 radical (unpaired) electrons. The summed E-state index contributed by atoms with van der Waals surface area (Å²) in [6.45, 7) is 5.90. The molecule has 0 spiro atoms. The minimum atomic E-state index is -4.33. The van der Waals surface area contributed by atoms with E-state index in [9.17, 15) is 13.2 Å². The number of hydrogen-bond donors (Lipinski definition) is 2. The molecule has 1 aromatic carbocycles. The Hall–Kier alpha value is -1.92. The van der Waals surface area contributed by atoms with Gasteiger partial charge in [-0.2, -0.15) is 13.2 Å². The highest BCUT2D eigenvalue weighted by Gasteiger charge is 2.28. The SMILES string of the molecule is CCNC(=NCc1ccc(OCC(F)(F)F)cc1)NC(C)C. The topological polar surface area (TPSA) is 45.7 Å². The lowest BCUT2D eigenvalue weighted by Gasteiger charge is -2.14. The predicted molar refractivity (Wildman–Crippen MR) is 81.1 cm³/mol. The van der Waals surface area contributed by atoms with Crippen LogP contribution in [0.15, 0.2) is 29.3 Å². The van der Waals surface area contributed by atoms with Crippen LogP contribution in [0, 0.1) is 0 Å². The number of aliphatic imine (C=N–C) groups is 1. The smallest absolute Gasteiger partial charge is 0.422 e. The summed E-state index contributed by atoms with van der Waals surface area (Å²) >= 11 is 0. The maximum absolute atomic E-state index is 12.1. The summed E-state index contributed by atoms with van der Waals surface area (Å²) in [5.74, 6) is 0.896. The maximum Gasteiger partial charge on any atom is 0.422 e. The van der Waals surface area contributed by atoms with Gasteiger partial charge in [-0.25, -0.2) is 4.99 Å². The van der Waals surface area contributed by atoms with Crippen molar-refractivity contribution in [2.75, 3.05) is 13.2 Å². The van der Waals surface area contributed by atoms with Crippen molar-refractivity contribution in [3.8, 4) is 5.75 Å². The molecule has 0 bridgehead atoms. The molecule has 0 aliphatic rings. The van der Waals surface area contributed by atoms with Crippen LogP contribution in [-0.2, 0) is 6.54 Å². The molecule has 0 amide bonds. The zero-order valence-electron chi connectivity index (χ0n) is 13.0. The average molecular weight is 317 g/mol. The maximum atomic E-state index is 12.1. The fourth-order valence-electron chi connectivity index (χ4n) is 1.62. The highest BCUT2D eigenvalue weighted by Crippen LogP contribution is 2.19. The standard InChI is InChI=1S/C15H22F3N3O/c1-4-19-14(21-11(2)3)20-9-12-5-7-13(8-6-12)22-10-15(16,17)18/h5-8,11H,4,9-10H2,1-3H3,(H2,19,20,21). The minimum absolute atomic E-state index is 0.192. The highest BCUT2D eigenvalue weighted by atomic mass is 19.4. The first-order valence-electron chi connectivity index (χ1n) is 7.13. The molecule has 0 saturated heterocycles. The largest absolute Gasteiger partial charge is 0.484 e. The molecule has 0 aliphatic carbocycles. The van der Waals surface area contributed by atoms with Gasteiger partial charge in [0.25, 0.3) is 0 Å². The minimum Gasteiger partial charge on any atom is -0.484 e. The summed E-state index contributed by atoms with van der Waals surface area (Å²) in [6, 6.07) is 6.69. The van der Waals surface area contributed by atoms with Crippen LogP contribution in [-0.4, -0.2) is 31.3 Å². The zero-order valence-corrected chi connectivity index (χ0v) is 13.0. The molecule has 0 unspecified atom stereocenters. The lowest BCUT2D eigenvalue weighted by molar-refractivity contribution is -0.153. The van der Waals surface area contributed by atoms with Gasteiger partial charge >= 0.3 is 6.18 Å². The molecule has 0 saturated carbocycles. The van der Waals surface area contributed by atoms with E-state index >= 15 is 0 Å². The number of ether oxygens (including phenoxy) is 1. The number of alkyl halides is 3. The third kappa shape index (κ3) is 7.75. The van der Waals surface area contributed by atoms with Crippen molar-refractivity contribution in [3.63, 3.8) is 0 Å². The van der Waals surface area contributed by atoms with Crippen molar-refractivity contribution in [1.29, 1.82) is 0 Å². The van der Waals surface area contributed by atoms with E-state index in [1.165, 1.54) is 12.1 Å². The van der Waals surface area contributed by atoms with Crippen LogP contribution in [0.3, 0.4) is 0 Å². The number of rotatable bonds is 6. The first-order valence-corrected chi connectivity index (χ1v) is 7.13. The van der Waals surface area contributed by atoms with Crippen molar-refractivity contribution in [2.24, 2.45) is 4.99 Å². The highest BCUT2D eigenvalue weighted by molar-refractivity contribution is 5.79. The fraction of sp³-hybridized carbons (Fsp3) is 0.533. The van der Waals surface area contributed by atoms with Crippen molar-refractivity contribution >= 4 is 5.96 Å². The van der Waals surface area contributed by atoms with Gasteiger partial charge in [-0.1, -0.05) is 12.1 Å². The molecule has 7 heteroatoms. The summed E-state index contributed by atoms with van der Waals surface area (Å²) in [5, 5.41) is 6.31. The quantitative estimate of drug-likeness (QED) is 0.626. The van der Waals surface area contributed by atoms with E-state index in [1.807, 2.05) is 20.8 Å². The van der Waals surface area contributed by atoms with Gasteiger partial charge in [0.1, 0.15) is 5.75 Å². The molecule has 4 nitrogen and oxygen atoms in total. The number of benzene rings is 1. The lowest BCUT2D eigenvalue weighted by atomic mass is 10.2. The number of nitrogens with zero attached hydrogens (tertiary/aromatic N) is 1. The van der Waals surface area contributed by atoms with Gasteiger partial charge in [-0.3, -0.25) is 0 Å². The first-order chi connectivity index (χ1) is 10.3. The van der Waals surface area contributed by atoms with Crippen LogP contribution < -0.4 is 15.4 Å². The molecule has 0 heterocycles. The summed E-state index contributed by atoms with van der Waals surface area (Å²) in [5.41, 5.74) is 0.889. The van der Waals surface area contributed by atoms with Gasteiger partial charge in [0, 0.05) is 12.6 Å². The second-order valence-electron chi connectivity index (χ2n) is 5.04. The van der Waals surface area contributed by atoms with Crippen molar-refractivity contribution < 1.29 is 17.9 Å². The Morgan fingerprint density at radius 2 is 1.86 bits per heavy atom. The number of guanidine groups is 1. The molecule has 0 aliphatic heterocycles. The van der Waals surface area contributed by atoms with E-state index in [-0.39, 0.29) is 11.8 Å². The van der Waals surface area contributed by atoms with E-state index < -0.39 is 12.8 Å². The summed E-state index contributed by atoms with van der Waals surface area (Å²) in [4.78, 5) is 4.41. The molecule has 1 rings (SSSR count). The molecule has 0 aromatic heterocycles. The van der Waals surface area contributed by atoms with Crippen LogP contribution in [0.2, 0.25) is 0 Å². The van der Waals surface area contributed by atoms with E-state index in [0.717, 1.165) is 12.1 Å². The normalized spacial score (nSPS) is 12.4. The van der Waals surface area contributed by atoms with Crippen molar-refractivity contribution in [1.82, 2.24) is 10.6 Å². The summed E-state index contributed by atoms with van der Waals surface area (Å²) in [6.07, 6.45) is -4.33. The Morgan fingerprint density at radius 1 is 1.23 bits per heavy atom. The third-order valence-electron chi connectivity index (χ3n) is 2.52. The van der Waals surface area contributed by atoms with Crippen LogP contribution in [0.4, 0.5) is 13.2 Å². The monoisotopic (exact) mass is 317 g/mol. The molecule has 124 valence electrons. The fourth-order valence-corrected chi connectivity index (χ4v) is 1.62. The van der Waals surface area contributed by atoms with Crippen molar-refractivity contribution in [3.05, 3.63) is 29.8 Å². The zero-order chi connectivity index (χ0) is 16.6. The van der Waals surface area contributed by atoms with Crippen molar-refractivity contribution in [2.45, 2.75) is 39.5 Å². The summed E-state index contributed by atoms with van der Waals surface area (Å²) < 4.78 is 40.8. The van der Waals surface area contributed by atoms with Gasteiger partial charge in [-0.05, 0) is 38.5 Å². The van der Waals surface area contributed by atoms with Crippen LogP contribution in [0.1, 0.15) is 26.3 Å². The molecular weight excluding hydrogens is 295 g/mol. The first kappa shape index (κ1) is 18.1. The van der Waals surface area contributed by atoms with Gasteiger partial charge in [0.15, 0.2) is 12.6 Å². The molecule has 22 heavy (non-hydrogen) atoms. The Morgan fingerprint density at radius 3 is 2.36 bits per heavy atom. The number of hydrogen-bond acceptors (Lipinski definition) is 2. The Labute approximate surface area is 128 Å². The van der Waals surface area contributed by atoms with Crippen LogP contribution >= 0.6 is 0 Å². The van der Waals surface area contributed by atoms with E-state index in [0.29, 0.717) is 12.5 Å². The predicted octanol–water partition coefficient (Wildman–Crippen LogP) is 3.09. The van der Waals surface area contributed by atoms with Crippen LogP contribution in [0.5, 0.6) is 5.75 Å². The Balaban J connectivity index is 2.58. The van der Waals surface area contributed by atoms with Gasteiger partial charge < -0.3 is 15.4 Å². The third-order valence-corrected chi connectivity index (χ3v) is 2.52. The van der Waals surface area contributed by atoms with E-state index in [1.54, 1.807) is 12.1 Å². The van der Waals surface area contributed by atoms with E-state index in [2.05, 4.69) is 20.4 Å². The number of nitrogens with one attached hydrogen (secondary N) is 2. The Bertz CT molecular complexity index is 470. The van der Waals surface area contributed by atoms with Gasteiger partial charge in [0.05, 0.1) is 6.54 Å². The molecular formula is C15H22F3N3O. The lowest BCUT2D eigenvalue weighted by Crippen LogP contribution is -2.40. The second kappa shape index (κ2) is 8.51. The van der Waals surface area contributed by atoms with Crippen LogP contribution in [0.25, 0.3) is 0 Å². The molecule has 0 fully saturated rings. The van der Waals surface area contributed by atoms with Gasteiger partial charge in [-0.15, -0.1) is 0 Å². The molecule has 1 aromatic rings. The molecule has 0 atom stereocenters. The average Bonchev–Trinajstić information content (AvgIpc) is 2.42. The molecule has 2 N–H and O–H groups in total. The summed E-state index contributed by atoms with van der Waals surface area (Å²) in [7, 11) is 0. The second-order valence-corrected chi connectivity index (χ2v) is 5.04. The number of halogens is 3. The Kier molecular flexibility index (Phi) is 7.01. The van der Waals surface area contributed by atoms with E-state index in [4.69, 9.17) is 0 Å². The van der Waals surface area contributed by atoms with Gasteiger partial charge in [0.2, 0.25) is 0 Å².